The van der Waals surface area contributed by atoms with Gasteiger partial charge in [0, 0.05) is 0 Å². The number of rotatable bonds is 5. The van der Waals surface area contributed by atoms with Crippen LogP contribution in [0.4, 0.5) is 0 Å². The molecule has 0 amide bonds. The van der Waals surface area contributed by atoms with Gasteiger partial charge < -0.3 is 14.6 Å². The van der Waals surface area contributed by atoms with E-state index >= 15 is 0 Å². The van der Waals surface area contributed by atoms with Gasteiger partial charge in [-0.1, -0.05) is 18.2 Å². The van der Waals surface area contributed by atoms with Gasteiger partial charge >= 0.3 is 0 Å². The van der Waals surface area contributed by atoms with E-state index in [4.69, 9.17) is 9.47 Å². The Hall–Kier alpha value is -2.00. The van der Waals surface area contributed by atoms with E-state index < -0.39 is 11.2 Å². The highest BCUT2D eigenvalue weighted by molar-refractivity contribution is 5.46. The van der Waals surface area contributed by atoms with E-state index in [9.17, 15) is 5.11 Å². The molecule has 0 bridgehead atoms. The Bertz CT molecular complexity index is 682. The second-order valence-electron chi connectivity index (χ2n) is 7.04. The summed E-state index contributed by atoms with van der Waals surface area (Å²) >= 11 is 0. The number of ether oxygens (including phenoxy) is 2. The Balaban J connectivity index is 2.34. The van der Waals surface area contributed by atoms with Crippen molar-refractivity contribution in [2.24, 2.45) is 0 Å². The quantitative estimate of drug-likeness (QED) is 0.841. The minimum atomic E-state index is -0.989. The van der Waals surface area contributed by atoms with Crippen molar-refractivity contribution >= 4 is 0 Å². The minimum absolute atomic E-state index is 0.624. The Kier molecular flexibility index (Phi) is 4.71. The molecule has 2 aromatic rings. The first-order valence-electron chi connectivity index (χ1n) is 7.85. The summed E-state index contributed by atoms with van der Waals surface area (Å²) in [6.45, 7) is 11.2. The van der Waals surface area contributed by atoms with Crippen LogP contribution in [0, 0.1) is 13.8 Å². The summed E-state index contributed by atoms with van der Waals surface area (Å²) in [6, 6.07) is 13.7. The molecule has 0 spiro atoms. The fraction of sp³-hybridized carbons (Fsp3) is 0.400. The first-order chi connectivity index (χ1) is 10.6. The summed E-state index contributed by atoms with van der Waals surface area (Å²) < 4.78 is 12.1. The summed E-state index contributed by atoms with van der Waals surface area (Å²) in [5, 5.41) is 10.3. The van der Waals surface area contributed by atoms with Crippen LogP contribution in [-0.2, 0) is 0 Å². The van der Waals surface area contributed by atoms with Gasteiger partial charge in [0.25, 0.3) is 0 Å². The molecule has 23 heavy (non-hydrogen) atoms. The lowest BCUT2D eigenvalue weighted by atomic mass is 9.89. The molecule has 0 saturated heterocycles. The normalized spacial score (nSPS) is 12.1. The molecule has 0 aliphatic carbocycles. The van der Waals surface area contributed by atoms with Gasteiger partial charge in [-0.25, -0.2) is 0 Å². The van der Waals surface area contributed by atoms with Crippen molar-refractivity contribution in [3.05, 3.63) is 53.6 Å². The Morgan fingerprint density at radius 2 is 1.48 bits per heavy atom. The average Bonchev–Trinajstić information content (AvgIpc) is 2.40. The van der Waals surface area contributed by atoms with E-state index in [-0.39, 0.29) is 0 Å². The molecule has 0 saturated carbocycles. The molecule has 0 radical (unpaired) electrons. The molecule has 0 unspecified atom stereocenters. The lowest BCUT2D eigenvalue weighted by Crippen LogP contribution is -2.49. The molecule has 0 aliphatic rings. The van der Waals surface area contributed by atoms with Crippen molar-refractivity contribution in [1.29, 1.82) is 0 Å². The Labute approximate surface area is 138 Å². The van der Waals surface area contributed by atoms with Crippen LogP contribution in [-0.4, -0.2) is 16.3 Å². The van der Waals surface area contributed by atoms with E-state index in [1.54, 1.807) is 13.8 Å². The van der Waals surface area contributed by atoms with E-state index in [2.05, 4.69) is 0 Å². The van der Waals surface area contributed by atoms with Gasteiger partial charge in [0.2, 0.25) is 0 Å². The van der Waals surface area contributed by atoms with Crippen molar-refractivity contribution in [3.8, 4) is 17.2 Å². The van der Waals surface area contributed by atoms with Crippen molar-refractivity contribution in [2.75, 3.05) is 0 Å². The molecule has 2 rings (SSSR count). The molecule has 0 heterocycles. The maximum Gasteiger partial charge on any atom is 0.169 e. The maximum absolute atomic E-state index is 10.3. The highest BCUT2D eigenvalue weighted by Crippen LogP contribution is 2.37. The minimum Gasteiger partial charge on any atom is -0.481 e. The SMILES string of the molecule is Cc1cccc(Oc2ccc(C)cc2OC(C)(C)C(C)(C)O)c1. The van der Waals surface area contributed by atoms with Crippen LogP contribution in [0.3, 0.4) is 0 Å². The molecule has 1 N–H and O–H groups in total. The van der Waals surface area contributed by atoms with E-state index in [1.807, 2.05) is 70.2 Å². The van der Waals surface area contributed by atoms with Crippen molar-refractivity contribution in [3.63, 3.8) is 0 Å². The van der Waals surface area contributed by atoms with Gasteiger partial charge in [0.05, 0.1) is 5.60 Å². The van der Waals surface area contributed by atoms with E-state index in [0.29, 0.717) is 11.5 Å². The van der Waals surface area contributed by atoms with Gasteiger partial charge in [-0.15, -0.1) is 0 Å². The summed E-state index contributed by atoms with van der Waals surface area (Å²) in [5.41, 5.74) is 0.458. The summed E-state index contributed by atoms with van der Waals surface area (Å²) in [5.74, 6) is 2.02. The van der Waals surface area contributed by atoms with Gasteiger partial charge in [0.15, 0.2) is 11.5 Å². The summed E-state index contributed by atoms with van der Waals surface area (Å²) in [4.78, 5) is 0. The third-order valence-electron chi connectivity index (χ3n) is 4.16. The molecule has 3 heteroatoms. The highest BCUT2D eigenvalue weighted by Gasteiger charge is 2.38. The molecule has 2 aromatic carbocycles. The Morgan fingerprint density at radius 3 is 2.09 bits per heavy atom. The largest absolute Gasteiger partial charge is 0.481 e. The maximum atomic E-state index is 10.3. The molecule has 0 atom stereocenters. The van der Waals surface area contributed by atoms with Gasteiger partial charge in [0.1, 0.15) is 11.4 Å². The predicted molar refractivity (Wildman–Crippen MR) is 93.4 cm³/mol. The average molecular weight is 314 g/mol. The third kappa shape index (κ3) is 4.26. The first-order valence-corrected chi connectivity index (χ1v) is 7.85. The van der Waals surface area contributed by atoms with Crippen molar-refractivity contribution in [2.45, 2.75) is 52.7 Å². The molecule has 124 valence electrons. The van der Waals surface area contributed by atoms with Crippen LogP contribution < -0.4 is 9.47 Å². The smallest absolute Gasteiger partial charge is 0.169 e. The second kappa shape index (κ2) is 6.25. The standard InChI is InChI=1S/C20H26O3/c1-14-8-7-9-16(12-14)22-17-11-10-15(2)13-18(17)23-20(5,6)19(3,4)21/h7-13,21H,1-6H3. The number of aryl methyl sites for hydroxylation is 2. The van der Waals surface area contributed by atoms with Gasteiger partial charge in [-0.3, -0.25) is 0 Å². The van der Waals surface area contributed by atoms with Crippen molar-refractivity contribution < 1.29 is 14.6 Å². The van der Waals surface area contributed by atoms with Gasteiger partial charge in [-0.2, -0.15) is 0 Å². The lowest BCUT2D eigenvalue weighted by molar-refractivity contribution is -0.0913. The number of hydrogen-bond donors (Lipinski definition) is 1. The zero-order valence-electron chi connectivity index (χ0n) is 14.8. The Morgan fingerprint density at radius 1 is 0.826 bits per heavy atom. The molecule has 3 nitrogen and oxygen atoms in total. The molecular formula is C20H26O3. The second-order valence-corrected chi connectivity index (χ2v) is 7.04. The zero-order chi connectivity index (χ0) is 17.3. The predicted octanol–water partition coefficient (Wildman–Crippen LogP) is 5.02. The lowest BCUT2D eigenvalue weighted by Gasteiger charge is -2.37. The molecular weight excluding hydrogens is 288 g/mol. The number of benzene rings is 2. The highest BCUT2D eigenvalue weighted by atomic mass is 16.5. The number of aliphatic hydroxyl groups is 1. The van der Waals surface area contributed by atoms with Gasteiger partial charge in [-0.05, 0) is 76.9 Å². The van der Waals surface area contributed by atoms with E-state index in [0.717, 1.165) is 16.9 Å². The van der Waals surface area contributed by atoms with E-state index in [1.165, 1.54) is 0 Å². The molecule has 0 aromatic heterocycles. The van der Waals surface area contributed by atoms with Crippen LogP contribution in [0.2, 0.25) is 0 Å². The van der Waals surface area contributed by atoms with Crippen LogP contribution >= 0.6 is 0 Å². The first kappa shape index (κ1) is 17.4. The van der Waals surface area contributed by atoms with Crippen LogP contribution in [0.5, 0.6) is 17.2 Å². The number of hydrogen-bond acceptors (Lipinski definition) is 3. The van der Waals surface area contributed by atoms with Crippen LogP contribution in [0.15, 0.2) is 42.5 Å². The molecule has 0 aliphatic heterocycles. The fourth-order valence-corrected chi connectivity index (χ4v) is 1.98. The summed E-state index contributed by atoms with van der Waals surface area (Å²) in [7, 11) is 0. The zero-order valence-corrected chi connectivity index (χ0v) is 14.8. The van der Waals surface area contributed by atoms with Crippen LogP contribution in [0.1, 0.15) is 38.8 Å². The third-order valence-corrected chi connectivity index (χ3v) is 4.16. The monoisotopic (exact) mass is 314 g/mol. The van der Waals surface area contributed by atoms with Crippen LogP contribution in [0.25, 0.3) is 0 Å². The van der Waals surface area contributed by atoms with Crippen molar-refractivity contribution in [1.82, 2.24) is 0 Å². The fourth-order valence-electron chi connectivity index (χ4n) is 1.98. The summed E-state index contributed by atoms with van der Waals surface area (Å²) in [6.07, 6.45) is 0. The molecule has 0 fully saturated rings. The topological polar surface area (TPSA) is 38.7 Å².